The number of aromatic nitrogens is 1. The highest BCUT2D eigenvalue weighted by molar-refractivity contribution is 6.35. The summed E-state index contributed by atoms with van der Waals surface area (Å²) in [5, 5.41) is 8.47. The number of nitrogens with one attached hydrogen (secondary N) is 3. The van der Waals surface area contributed by atoms with Gasteiger partial charge in [0.2, 0.25) is 0 Å². The van der Waals surface area contributed by atoms with Crippen LogP contribution in [0, 0.1) is 0 Å². The van der Waals surface area contributed by atoms with E-state index in [9.17, 15) is 9.59 Å². The number of rotatable bonds is 4. The number of pyridine rings is 1. The summed E-state index contributed by atoms with van der Waals surface area (Å²) < 4.78 is 0. The van der Waals surface area contributed by atoms with Gasteiger partial charge in [-0.25, -0.2) is 9.78 Å². The van der Waals surface area contributed by atoms with Crippen molar-refractivity contribution in [2.45, 2.75) is 0 Å². The number of urea groups is 1. The molecule has 0 aliphatic rings. The molecular formula is C19H14Cl2N4O2. The fraction of sp³-hybridized carbons (Fsp3) is 0. The second-order valence-corrected chi connectivity index (χ2v) is 6.24. The Kier molecular flexibility index (Phi) is 5.90. The Hall–Kier alpha value is -3.09. The summed E-state index contributed by atoms with van der Waals surface area (Å²) in [4.78, 5) is 28.1. The maximum atomic E-state index is 12.3. The van der Waals surface area contributed by atoms with E-state index in [0.717, 1.165) is 0 Å². The number of amides is 3. The van der Waals surface area contributed by atoms with Crippen molar-refractivity contribution in [2.24, 2.45) is 0 Å². The number of hydrogen-bond donors (Lipinski definition) is 3. The molecule has 0 radical (unpaired) electrons. The van der Waals surface area contributed by atoms with Crippen LogP contribution in [0.1, 0.15) is 10.5 Å². The summed E-state index contributed by atoms with van der Waals surface area (Å²) in [5.41, 5.74) is 1.81. The number of benzene rings is 2. The van der Waals surface area contributed by atoms with Crippen LogP contribution in [0.2, 0.25) is 10.2 Å². The molecule has 3 rings (SSSR count). The number of anilines is 3. The van der Waals surface area contributed by atoms with Crippen molar-refractivity contribution in [2.75, 3.05) is 16.0 Å². The summed E-state index contributed by atoms with van der Waals surface area (Å²) in [6.07, 6.45) is 0. The van der Waals surface area contributed by atoms with E-state index in [1.807, 2.05) is 18.2 Å². The molecular weight excluding hydrogens is 387 g/mol. The maximum Gasteiger partial charge on any atom is 0.323 e. The summed E-state index contributed by atoms with van der Waals surface area (Å²) in [6, 6.07) is 18.3. The van der Waals surface area contributed by atoms with E-state index in [1.54, 1.807) is 36.4 Å². The number of carbonyl (C=O) groups is 2. The number of halogens is 2. The van der Waals surface area contributed by atoms with Crippen LogP contribution >= 0.6 is 23.2 Å². The molecule has 3 N–H and O–H groups in total. The molecule has 27 heavy (non-hydrogen) atoms. The van der Waals surface area contributed by atoms with Crippen molar-refractivity contribution in [3.63, 3.8) is 0 Å². The Bertz CT molecular complexity index is 963. The molecule has 0 fully saturated rings. The molecule has 0 atom stereocenters. The molecule has 3 amide bonds. The highest BCUT2D eigenvalue weighted by Crippen LogP contribution is 2.19. The highest BCUT2D eigenvalue weighted by Gasteiger charge is 2.13. The van der Waals surface area contributed by atoms with E-state index >= 15 is 0 Å². The van der Waals surface area contributed by atoms with E-state index in [4.69, 9.17) is 23.2 Å². The fourth-order valence-corrected chi connectivity index (χ4v) is 2.56. The second-order valence-electron chi connectivity index (χ2n) is 5.44. The molecule has 0 spiro atoms. The Balaban J connectivity index is 1.61. The Morgan fingerprint density at radius 1 is 0.704 bits per heavy atom. The summed E-state index contributed by atoms with van der Waals surface area (Å²) in [7, 11) is 0. The van der Waals surface area contributed by atoms with Gasteiger partial charge >= 0.3 is 6.03 Å². The quantitative estimate of drug-likeness (QED) is 0.520. The third-order valence-electron chi connectivity index (χ3n) is 3.46. The van der Waals surface area contributed by atoms with Gasteiger partial charge in [-0.2, -0.15) is 0 Å². The molecule has 1 heterocycles. The lowest BCUT2D eigenvalue weighted by Gasteiger charge is -2.09. The minimum atomic E-state index is -0.481. The molecule has 0 saturated heterocycles. The van der Waals surface area contributed by atoms with Crippen LogP contribution < -0.4 is 16.0 Å². The van der Waals surface area contributed by atoms with Crippen LogP contribution in [0.3, 0.4) is 0 Å². The molecule has 136 valence electrons. The van der Waals surface area contributed by atoms with Crippen LogP contribution in [-0.4, -0.2) is 16.9 Å². The Morgan fingerprint density at radius 2 is 1.26 bits per heavy atom. The predicted molar refractivity (Wildman–Crippen MR) is 108 cm³/mol. The molecule has 0 saturated carbocycles. The Labute approximate surface area is 165 Å². The average molecular weight is 401 g/mol. The van der Waals surface area contributed by atoms with E-state index < -0.39 is 5.91 Å². The molecule has 0 aliphatic heterocycles. The molecule has 1 aromatic heterocycles. The first-order valence-corrected chi connectivity index (χ1v) is 8.63. The van der Waals surface area contributed by atoms with Gasteiger partial charge in [0.05, 0.1) is 5.02 Å². The first-order valence-electron chi connectivity index (χ1n) is 7.88. The van der Waals surface area contributed by atoms with Gasteiger partial charge in [-0.3, -0.25) is 4.79 Å². The molecule has 3 aromatic rings. The first kappa shape index (κ1) is 18.7. The zero-order valence-electron chi connectivity index (χ0n) is 13.9. The molecule has 6 nitrogen and oxygen atoms in total. The zero-order chi connectivity index (χ0) is 19.2. The monoisotopic (exact) mass is 400 g/mol. The van der Waals surface area contributed by atoms with Crippen molar-refractivity contribution >= 4 is 52.2 Å². The van der Waals surface area contributed by atoms with Crippen molar-refractivity contribution < 1.29 is 9.59 Å². The van der Waals surface area contributed by atoms with Crippen molar-refractivity contribution in [1.29, 1.82) is 0 Å². The minimum absolute atomic E-state index is 0.0357. The number of hydrogen-bond acceptors (Lipinski definition) is 3. The van der Waals surface area contributed by atoms with Crippen LogP contribution in [-0.2, 0) is 0 Å². The van der Waals surface area contributed by atoms with Crippen molar-refractivity contribution in [3.05, 3.63) is 82.6 Å². The summed E-state index contributed by atoms with van der Waals surface area (Å²) >= 11 is 11.8. The van der Waals surface area contributed by atoms with Gasteiger partial charge in [-0.1, -0.05) is 41.4 Å². The number of nitrogens with zero attached hydrogens (tertiary/aromatic N) is 1. The first-order chi connectivity index (χ1) is 13.0. The van der Waals surface area contributed by atoms with E-state index in [2.05, 4.69) is 20.9 Å². The summed E-state index contributed by atoms with van der Waals surface area (Å²) in [5.74, 6) is -0.481. The van der Waals surface area contributed by atoms with Crippen LogP contribution in [0.5, 0.6) is 0 Å². The lowest BCUT2D eigenvalue weighted by molar-refractivity contribution is 0.102. The van der Waals surface area contributed by atoms with Gasteiger partial charge in [-0.05, 0) is 48.5 Å². The SMILES string of the molecule is O=C(Nc1ccccc1)Nc1ccc(NC(=O)c2nc(Cl)ccc2Cl)cc1. The average Bonchev–Trinajstić information content (AvgIpc) is 2.66. The predicted octanol–water partition coefficient (Wildman–Crippen LogP) is 5.28. The lowest BCUT2D eigenvalue weighted by atomic mass is 10.2. The lowest BCUT2D eigenvalue weighted by Crippen LogP contribution is -2.19. The van der Waals surface area contributed by atoms with Gasteiger partial charge in [0, 0.05) is 17.1 Å². The smallest absolute Gasteiger partial charge is 0.321 e. The van der Waals surface area contributed by atoms with Gasteiger partial charge in [0.25, 0.3) is 5.91 Å². The molecule has 0 unspecified atom stereocenters. The fourth-order valence-electron chi connectivity index (χ4n) is 2.22. The number of para-hydroxylation sites is 1. The van der Waals surface area contributed by atoms with Gasteiger partial charge in [0.15, 0.2) is 0 Å². The van der Waals surface area contributed by atoms with Gasteiger partial charge in [0.1, 0.15) is 10.8 Å². The topological polar surface area (TPSA) is 83.1 Å². The van der Waals surface area contributed by atoms with Gasteiger partial charge in [-0.15, -0.1) is 0 Å². The molecule has 2 aromatic carbocycles. The minimum Gasteiger partial charge on any atom is -0.321 e. The third-order valence-corrected chi connectivity index (χ3v) is 3.97. The van der Waals surface area contributed by atoms with Gasteiger partial charge < -0.3 is 16.0 Å². The molecule has 0 aliphatic carbocycles. The standard InChI is InChI=1S/C19H14Cl2N4O2/c20-15-10-11-16(21)25-17(15)18(26)22-13-6-8-14(9-7-13)24-19(27)23-12-4-2-1-3-5-12/h1-11H,(H,22,26)(H2,23,24,27). The van der Waals surface area contributed by atoms with Crippen LogP contribution in [0.4, 0.5) is 21.9 Å². The van der Waals surface area contributed by atoms with E-state index in [0.29, 0.717) is 17.1 Å². The largest absolute Gasteiger partial charge is 0.323 e. The van der Waals surface area contributed by atoms with Crippen molar-refractivity contribution in [1.82, 2.24) is 4.98 Å². The second kappa shape index (κ2) is 8.53. The Morgan fingerprint density at radius 3 is 1.89 bits per heavy atom. The number of carbonyl (C=O) groups excluding carboxylic acids is 2. The highest BCUT2D eigenvalue weighted by atomic mass is 35.5. The van der Waals surface area contributed by atoms with Crippen molar-refractivity contribution in [3.8, 4) is 0 Å². The van der Waals surface area contributed by atoms with Crippen LogP contribution in [0.25, 0.3) is 0 Å². The maximum absolute atomic E-state index is 12.3. The molecule has 8 heteroatoms. The summed E-state index contributed by atoms with van der Waals surface area (Å²) in [6.45, 7) is 0. The third kappa shape index (κ3) is 5.20. The normalized spacial score (nSPS) is 10.1. The van der Waals surface area contributed by atoms with Crippen LogP contribution in [0.15, 0.2) is 66.7 Å². The van der Waals surface area contributed by atoms with E-state index in [1.165, 1.54) is 12.1 Å². The van der Waals surface area contributed by atoms with E-state index in [-0.39, 0.29) is 21.9 Å². The molecule has 0 bridgehead atoms. The zero-order valence-corrected chi connectivity index (χ0v) is 15.4.